The first-order chi connectivity index (χ1) is 11.4. The smallest absolute Gasteiger partial charge is 0.354 e. The van der Waals surface area contributed by atoms with Gasteiger partial charge in [-0.1, -0.05) is 30.3 Å². The van der Waals surface area contributed by atoms with Gasteiger partial charge in [-0.3, -0.25) is 4.79 Å². The lowest BCUT2D eigenvalue weighted by Crippen LogP contribution is -2.09. The van der Waals surface area contributed by atoms with E-state index in [1.807, 2.05) is 30.3 Å². The number of aromatic nitrogens is 1. The molecule has 0 atom stereocenters. The first-order valence-electron chi connectivity index (χ1n) is 7.16. The number of aromatic amines is 1. The maximum absolute atomic E-state index is 12.6. The van der Waals surface area contributed by atoms with Gasteiger partial charge in [-0.2, -0.15) is 13.2 Å². The largest absolute Gasteiger partial charge is 0.416 e. The summed E-state index contributed by atoms with van der Waals surface area (Å²) in [6, 6.07) is 15.5. The third-order valence-corrected chi connectivity index (χ3v) is 3.49. The maximum atomic E-state index is 12.6. The van der Waals surface area contributed by atoms with Gasteiger partial charge in [0.1, 0.15) is 0 Å². The lowest BCUT2D eigenvalue weighted by Gasteiger charge is -2.09. The zero-order valence-electron chi connectivity index (χ0n) is 12.4. The van der Waals surface area contributed by atoms with Crippen LogP contribution in [0, 0.1) is 0 Å². The van der Waals surface area contributed by atoms with Crippen LogP contribution < -0.4 is 10.9 Å². The lowest BCUT2D eigenvalue weighted by molar-refractivity contribution is -0.137. The predicted octanol–water partition coefficient (Wildman–Crippen LogP) is 4.80. The number of rotatable bonds is 3. The molecule has 0 unspecified atom stereocenters. The molecule has 24 heavy (non-hydrogen) atoms. The number of nitrogens with one attached hydrogen (secondary N) is 2. The van der Waals surface area contributed by atoms with Gasteiger partial charge < -0.3 is 10.3 Å². The molecule has 3 nitrogen and oxygen atoms in total. The van der Waals surface area contributed by atoms with Crippen molar-refractivity contribution in [1.29, 1.82) is 0 Å². The Balaban J connectivity index is 1.93. The van der Waals surface area contributed by atoms with E-state index in [4.69, 9.17) is 0 Å². The summed E-state index contributed by atoms with van der Waals surface area (Å²) in [5.74, 6) is 0. The number of benzene rings is 2. The van der Waals surface area contributed by atoms with E-state index in [2.05, 4.69) is 10.3 Å². The summed E-state index contributed by atoms with van der Waals surface area (Å²) in [6.07, 6.45) is -2.88. The molecule has 2 N–H and O–H groups in total. The fourth-order valence-corrected chi connectivity index (χ4v) is 2.30. The van der Waals surface area contributed by atoms with E-state index in [0.717, 1.165) is 17.8 Å². The van der Waals surface area contributed by atoms with Gasteiger partial charge in [0, 0.05) is 17.4 Å². The Bertz CT molecular complexity index is 885. The molecule has 0 aliphatic heterocycles. The van der Waals surface area contributed by atoms with Gasteiger partial charge in [-0.25, -0.2) is 0 Å². The molecule has 0 radical (unpaired) electrons. The molecule has 6 heteroatoms. The van der Waals surface area contributed by atoms with Crippen LogP contribution in [0.25, 0.3) is 11.1 Å². The molecule has 0 aliphatic carbocycles. The molecule has 0 fully saturated rings. The number of anilines is 2. The number of hydrogen-bond donors (Lipinski definition) is 2. The first kappa shape index (κ1) is 15.9. The van der Waals surface area contributed by atoms with E-state index in [0.29, 0.717) is 16.8 Å². The summed E-state index contributed by atoms with van der Waals surface area (Å²) in [6.45, 7) is 0. The molecule has 0 amide bonds. The minimum absolute atomic E-state index is 0.296. The standard InChI is InChI=1S/C18H13F3N2O/c19-18(20,21)13-8-6-12(7-9-13)16-10-15(11-22-17(16)24)23-14-4-2-1-3-5-14/h1-11,23H,(H,22,24). The van der Waals surface area contributed by atoms with Crippen molar-refractivity contribution in [1.82, 2.24) is 4.98 Å². The molecule has 1 aromatic heterocycles. The van der Waals surface area contributed by atoms with Crippen molar-refractivity contribution >= 4 is 11.4 Å². The number of H-pyrrole nitrogens is 1. The topological polar surface area (TPSA) is 44.9 Å². The summed E-state index contributed by atoms with van der Waals surface area (Å²) in [5, 5.41) is 3.13. The van der Waals surface area contributed by atoms with Crippen LogP contribution in [0.3, 0.4) is 0 Å². The molecule has 0 aliphatic rings. The molecule has 2 aromatic carbocycles. The molecule has 3 rings (SSSR count). The molecular weight excluding hydrogens is 317 g/mol. The SMILES string of the molecule is O=c1[nH]cc(Nc2ccccc2)cc1-c1ccc(C(F)(F)F)cc1. The normalized spacial score (nSPS) is 11.3. The molecule has 0 saturated heterocycles. The zero-order chi connectivity index (χ0) is 17.2. The molecule has 3 aromatic rings. The van der Waals surface area contributed by atoms with Crippen LogP contribution in [0.4, 0.5) is 24.5 Å². The average Bonchev–Trinajstić information content (AvgIpc) is 2.57. The van der Waals surface area contributed by atoms with Gasteiger partial charge in [-0.05, 0) is 35.9 Å². The van der Waals surface area contributed by atoms with Crippen molar-refractivity contribution in [3.63, 3.8) is 0 Å². The highest BCUT2D eigenvalue weighted by molar-refractivity contribution is 5.69. The summed E-state index contributed by atoms with van der Waals surface area (Å²) >= 11 is 0. The second-order valence-electron chi connectivity index (χ2n) is 5.20. The maximum Gasteiger partial charge on any atom is 0.416 e. The van der Waals surface area contributed by atoms with Crippen molar-refractivity contribution in [3.05, 3.63) is 82.8 Å². The first-order valence-corrected chi connectivity index (χ1v) is 7.16. The Morgan fingerprint density at radius 2 is 1.54 bits per heavy atom. The number of pyridine rings is 1. The number of halogens is 3. The van der Waals surface area contributed by atoms with Crippen LogP contribution in [0.1, 0.15) is 5.56 Å². The van der Waals surface area contributed by atoms with Crippen LogP contribution in [0.5, 0.6) is 0 Å². The van der Waals surface area contributed by atoms with Crippen LogP contribution in [0.2, 0.25) is 0 Å². The van der Waals surface area contributed by atoms with E-state index < -0.39 is 11.7 Å². The van der Waals surface area contributed by atoms with Gasteiger partial charge in [0.05, 0.1) is 11.3 Å². The third-order valence-electron chi connectivity index (χ3n) is 3.49. The molecule has 0 bridgehead atoms. The van der Waals surface area contributed by atoms with Gasteiger partial charge in [0.2, 0.25) is 0 Å². The van der Waals surface area contributed by atoms with E-state index in [1.165, 1.54) is 18.3 Å². The Labute approximate surface area is 135 Å². The number of para-hydroxylation sites is 1. The Kier molecular flexibility index (Phi) is 4.12. The highest BCUT2D eigenvalue weighted by Gasteiger charge is 2.30. The van der Waals surface area contributed by atoms with E-state index >= 15 is 0 Å². The number of hydrogen-bond acceptors (Lipinski definition) is 2. The van der Waals surface area contributed by atoms with E-state index in [1.54, 1.807) is 6.07 Å². The van der Waals surface area contributed by atoms with Gasteiger partial charge in [0.25, 0.3) is 5.56 Å². The lowest BCUT2D eigenvalue weighted by atomic mass is 10.0. The molecule has 122 valence electrons. The Morgan fingerprint density at radius 1 is 0.875 bits per heavy atom. The summed E-state index contributed by atoms with van der Waals surface area (Å²) in [5.41, 5.74) is 1.07. The summed E-state index contributed by atoms with van der Waals surface area (Å²) < 4.78 is 37.9. The fourth-order valence-electron chi connectivity index (χ4n) is 2.30. The highest BCUT2D eigenvalue weighted by Crippen LogP contribution is 2.30. The zero-order valence-corrected chi connectivity index (χ0v) is 12.4. The monoisotopic (exact) mass is 330 g/mol. The van der Waals surface area contributed by atoms with Gasteiger partial charge >= 0.3 is 6.18 Å². The minimum Gasteiger partial charge on any atom is -0.354 e. The summed E-state index contributed by atoms with van der Waals surface area (Å²) in [7, 11) is 0. The van der Waals surface area contributed by atoms with Gasteiger partial charge in [-0.15, -0.1) is 0 Å². The quantitative estimate of drug-likeness (QED) is 0.724. The molecular formula is C18H13F3N2O. The summed E-state index contributed by atoms with van der Waals surface area (Å²) in [4.78, 5) is 14.6. The molecule has 0 saturated carbocycles. The van der Waals surface area contributed by atoms with Crippen molar-refractivity contribution in [2.75, 3.05) is 5.32 Å². The van der Waals surface area contributed by atoms with Crippen LogP contribution in [-0.2, 0) is 6.18 Å². The minimum atomic E-state index is -4.40. The second kappa shape index (κ2) is 6.23. The van der Waals surface area contributed by atoms with Crippen molar-refractivity contribution < 1.29 is 13.2 Å². The molecule has 1 heterocycles. The third kappa shape index (κ3) is 3.48. The van der Waals surface area contributed by atoms with Crippen molar-refractivity contribution in [3.8, 4) is 11.1 Å². The Hall–Kier alpha value is -3.02. The second-order valence-corrected chi connectivity index (χ2v) is 5.20. The Morgan fingerprint density at radius 3 is 2.17 bits per heavy atom. The number of alkyl halides is 3. The van der Waals surface area contributed by atoms with Crippen LogP contribution in [-0.4, -0.2) is 4.98 Å². The fraction of sp³-hybridized carbons (Fsp3) is 0.0556. The van der Waals surface area contributed by atoms with E-state index in [-0.39, 0.29) is 5.56 Å². The van der Waals surface area contributed by atoms with Crippen LogP contribution in [0.15, 0.2) is 71.7 Å². The predicted molar refractivity (Wildman–Crippen MR) is 87.2 cm³/mol. The van der Waals surface area contributed by atoms with Crippen LogP contribution >= 0.6 is 0 Å². The highest BCUT2D eigenvalue weighted by atomic mass is 19.4. The van der Waals surface area contributed by atoms with E-state index in [9.17, 15) is 18.0 Å². The van der Waals surface area contributed by atoms with Crippen molar-refractivity contribution in [2.45, 2.75) is 6.18 Å². The average molecular weight is 330 g/mol. The van der Waals surface area contributed by atoms with Gasteiger partial charge in [0.15, 0.2) is 0 Å². The van der Waals surface area contributed by atoms with Crippen molar-refractivity contribution in [2.24, 2.45) is 0 Å². The molecule has 0 spiro atoms.